The first-order chi connectivity index (χ1) is 8.08. The molecule has 1 N–H and O–H groups in total. The number of rotatable bonds is 1. The van der Waals surface area contributed by atoms with E-state index >= 15 is 0 Å². The molecule has 1 aliphatic rings. The number of hydrogen-bond donors (Lipinski definition) is 1. The number of likely N-dealkylation sites (tertiary alicyclic amines) is 1. The van der Waals surface area contributed by atoms with E-state index in [1.54, 1.807) is 12.1 Å². The van der Waals surface area contributed by atoms with Crippen molar-refractivity contribution in [1.29, 1.82) is 0 Å². The maximum absolute atomic E-state index is 12.2. The molecule has 0 radical (unpaired) electrons. The van der Waals surface area contributed by atoms with Gasteiger partial charge in [0.1, 0.15) is 5.69 Å². The van der Waals surface area contributed by atoms with E-state index in [0.717, 1.165) is 19.5 Å². The molecule has 92 valence electrons. The van der Waals surface area contributed by atoms with Gasteiger partial charge in [0.05, 0.1) is 0 Å². The smallest absolute Gasteiger partial charge is 0.270 e. The second kappa shape index (κ2) is 4.73. The van der Waals surface area contributed by atoms with E-state index in [1.807, 2.05) is 4.90 Å². The highest BCUT2D eigenvalue weighted by Gasteiger charge is 2.26. The Kier molecular flexibility index (Phi) is 3.31. The highest BCUT2D eigenvalue weighted by Crippen LogP contribution is 2.23. The summed E-state index contributed by atoms with van der Waals surface area (Å²) in [4.78, 5) is 27.7. The van der Waals surface area contributed by atoms with Crippen LogP contribution in [-0.2, 0) is 0 Å². The van der Waals surface area contributed by atoms with E-state index in [-0.39, 0.29) is 11.5 Å². The van der Waals surface area contributed by atoms with E-state index in [4.69, 9.17) is 0 Å². The van der Waals surface area contributed by atoms with Gasteiger partial charge in [0.2, 0.25) is 5.56 Å². The van der Waals surface area contributed by atoms with Crippen LogP contribution in [0.4, 0.5) is 0 Å². The Morgan fingerprint density at radius 2 is 2.12 bits per heavy atom. The number of carbonyl (C=O) groups is 1. The van der Waals surface area contributed by atoms with Crippen molar-refractivity contribution in [2.45, 2.75) is 20.3 Å². The second-order valence-corrected chi connectivity index (χ2v) is 4.92. The highest BCUT2D eigenvalue weighted by molar-refractivity contribution is 5.92. The molecule has 0 aromatic carbocycles. The van der Waals surface area contributed by atoms with Crippen molar-refractivity contribution < 1.29 is 4.79 Å². The maximum Gasteiger partial charge on any atom is 0.270 e. The Balaban J connectivity index is 2.13. The summed E-state index contributed by atoms with van der Waals surface area (Å²) in [7, 11) is 0. The minimum Gasteiger partial charge on any atom is -0.337 e. The number of aromatic nitrogens is 1. The van der Waals surface area contributed by atoms with Crippen molar-refractivity contribution in [3.05, 3.63) is 34.2 Å². The molecule has 2 rings (SSSR count). The quantitative estimate of drug-likeness (QED) is 0.800. The molecular weight excluding hydrogens is 216 g/mol. The van der Waals surface area contributed by atoms with Crippen molar-refractivity contribution in [1.82, 2.24) is 9.88 Å². The minimum absolute atomic E-state index is 0.0681. The standard InChI is InChI=1S/C13H18N2O2/c1-9-6-7-15(8-10(9)2)13(17)11-4-3-5-12(16)14-11/h3-5,9-10H,6-8H2,1-2H3,(H,14,16). The van der Waals surface area contributed by atoms with Gasteiger partial charge in [0.15, 0.2) is 0 Å². The molecule has 0 bridgehead atoms. The third-order valence-corrected chi connectivity index (χ3v) is 3.62. The zero-order valence-electron chi connectivity index (χ0n) is 10.3. The van der Waals surface area contributed by atoms with E-state index in [0.29, 0.717) is 17.5 Å². The van der Waals surface area contributed by atoms with Crippen LogP contribution in [0.2, 0.25) is 0 Å². The molecular formula is C13H18N2O2. The van der Waals surface area contributed by atoms with E-state index in [2.05, 4.69) is 18.8 Å². The van der Waals surface area contributed by atoms with E-state index in [9.17, 15) is 9.59 Å². The molecule has 1 aromatic heterocycles. The Morgan fingerprint density at radius 3 is 2.76 bits per heavy atom. The number of piperidine rings is 1. The average molecular weight is 234 g/mol. The number of amides is 1. The first-order valence-corrected chi connectivity index (χ1v) is 6.06. The average Bonchev–Trinajstić information content (AvgIpc) is 2.32. The molecule has 4 nitrogen and oxygen atoms in total. The predicted octanol–water partition coefficient (Wildman–Crippen LogP) is 1.49. The fourth-order valence-electron chi connectivity index (χ4n) is 2.19. The van der Waals surface area contributed by atoms with Gasteiger partial charge < -0.3 is 9.88 Å². The molecule has 0 spiro atoms. The summed E-state index contributed by atoms with van der Waals surface area (Å²) < 4.78 is 0. The fraction of sp³-hybridized carbons (Fsp3) is 0.538. The van der Waals surface area contributed by atoms with Gasteiger partial charge in [0.25, 0.3) is 5.91 Å². The molecule has 2 atom stereocenters. The molecule has 1 saturated heterocycles. The number of carbonyl (C=O) groups excluding carboxylic acids is 1. The number of pyridine rings is 1. The Hall–Kier alpha value is -1.58. The van der Waals surface area contributed by atoms with Gasteiger partial charge in [-0.15, -0.1) is 0 Å². The van der Waals surface area contributed by atoms with Crippen LogP contribution in [0.3, 0.4) is 0 Å². The Bertz CT molecular complexity index is 466. The van der Waals surface area contributed by atoms with Crippen LogP contribution in [0.15, 0.2) is 23.0 Å². The van der Waals surface area contributed by atoms with Crippen LogP contribution in [0.5, 0.6) is 0 Å². The lowest BCUT2D eigenvalue weighted by atomic mass is 9.88. The third-order valence-electron chi connectivity index (χ3n) is 3.62. The normalized spacial score (nSPS) is 24.7. The number of aromatic amines is 1. The molecule has 0 aliphatic carbocycles. The first-order valence-electron chi connectivity index (χ1n) is 6.06. The summed E-state index contributed by atoms with van der Waals surface area (Å²) in [5.41, 5.74) is 0.161. The fourth-order valence-corrected chi connectivity index (χ4v) is 2.19. The molecule has 2 unspecified atom stereocenters. The summed E-state index contributed by atoms with van der Waals surface area (Å²) >= 11 is 0. The van der Waals surface area contributed by atoms with Gasteiger partial charge in [-0.1, -0.05) is 19.9 Å². The predicted molar refractivity (Wildman–Crippen MR) is 65.9 cm³/mol. The summed E-state index contributed by atoms with van der Waals surface area (Å²) in [6.07, 6.45) is 1.03. The van der Waals surface area contributed by atoms with Gasteiger partial charge in [-0.05, 0) is 24.3 Å². The van der Waals surface area contributed by atoms with Crippen LogP contribution in [0.1, 0.15) is 30.8 Å². The molecule has 1 aliphatic heterocycles. The largest absolute Gasteiger partial charge is 0.337 e. The maximum atomic E-state index is 12.2. The van der Waals surface area contributed by atoms with Crippen molar-refractivity contribution in [3.8, 4) is 0 Å². The summed E-state index contributed by atoms with van der Waals surface area (Å²) in [6.45, 7) is 5.94. The zero-order valence-corrected chi connectivity index (χ0v) is 10.3. The lowest BCUT2D eigenvalue weighted by Gasteiger charge is -2.35. The monoisotopic (exact) mass is 234 g/mol. The molecule has 4 heteroatoms. The van der Waals surface area contributed by atoms with Crippen LogP contribution in [0, 0.1) is 11.8 Å². The van der Waals surface area contributed by atoms with Gasteiger partial charge >= 0.3 is 0 Å². The van der Waals surface area contributed by atoms with Crippen LogP contribution >= 0.6 is 0 Å². The topological polar surface area (TPSA) is 53.2 Å². The molecule has 1 amide bonds. The molecule has 1 fully saturated rings. The van der Waals surface area contributed by atoms with Crippen molar-refractivity contribution in [2.24, 2.45) is 11.8 Å². The SMILES string of the molecule is CC1CCN(C(=O)c2cccc(=O)[nH]2)CC1C. The Morgan fingerprint density at radius 1 is 1.35 bits per heavy atom. The van der Waals surface area contributed by atoms with Gasteiger partial charge in [-0.25, -0.2) is 0 Å². The van der Waals surface area contributed by atoms with Crippen molar-refractivity contribution >= 4 is 5.91 Å². The number of hydrogen-bond acceptors (Lipinski definition) is 2. The lowest BCUT2D eigenvalue weighted by molar-refractivity contribution is 0.0621. The van der Waals surface area contributed by atoms with Crippen LogP contribution in [-0.4, -0.2) is 28.9 Å². The summed E-state index contributed by atoms with van der Waals surface area (Å²) in [5.74, 6) is 1.11. The third kappa shape index (κ3) is 2.57. The first kappa shape index (κ1) is 11.9. The van der Waals surface area contributed by atoms with Crippen LogP contribution in [0.25, 0.3) is 0 Å². The van der Waals surface area contributed by atoms with Crippen molar-refractivity contribution in [2.75, 3.05) is 13.1 Å². The zero-order chi connectivity index (χ0) is 12.4. The number of nitrogens with one attached hydrogen (secondary N) is 1. The second-order valence-electron chi connectivity index (χ2n) is 4.92. The molecule has 17 heavy (non-hydrogen) atoms. The van der Waals surface area contributed by atoms with Gasteiger partial charge in [0, 0.05) is 19.2 Å². The summed E-state index contributed by atoms with van der Waals surface area (Å²) in [6, 6.07) is 4.69. The van der Waals surface area contributed by atoms with E-state index in [1.165, 1.54) is 6.07 Å². The highest BCUT2D eigenvalue weighted by atomic mass is 16.2. The molecule has 1 aromatic rings. The molecule has 2 heterocycles. The van der Waals surface area contributed by atoms with E-state index < -0.39 is 0 Å². The lowest BCUT2D eigenvalue weighted by Crippen LogP contribution is -2.42. The number of H-pyrrole nitrogens is 1. The van der Waals surface area contributed by atoms with Gasteiger partial charge in [-0.3, -0.25) is 9.59 Å². The number of nitrogens with zero attached hydrogens (tertiary/aromatic N) is 1. The minimum atomic E-state index is -0.228. The van der Waals surface area contributed by atoms with Crippen LogP contribution < -0.4 is 5.56 Å². The summed E-state index contributed by atoms with van der Waals surface area (Å²) in [5, 5.41) is 0. The molecule has 0 saturated carbocycles. The van der Waals surface area contributed by atoms with Gasteiger partial charge in [-0.2, -0.15) is 0 Å². The van der Waals surface area contributed by atoms with Crippen molar-refractivity contribution in [3.63, 3.8) is 0 Å². The Labute approximate surface area is 101 Å².